The number of halogens is 1. The maximum Gasteiger partial charge on any atom is 0.191 e. The quantitative estimate of drug-likeness (QED) is 0.355. The first-order valence-electron chi connectivity index (χ1n) is 7.50. The fraction of sp³-hybridized carbons (Fsp3) is 0.235. The molecule has 24 heavy (non-hydrogen) atoms. The molecule has 7 heteroatoms. The van der Waals surface area contributed by atoms with Gasteiger partial charge in [0.25, 0.3) is 0 Å². The molecule has 4 nitrogen and oxygen atoms in total. The third kappa shape index (κ3) is 3.91. The van der Waals surface area contributed by atoms with Crippen molar-refractivity contribution in [3.05, 3.63) is 52.5 Å². The number of nitrogens with zero attached hydrogens (tertiary/aromatic N) is 3. The molecule has 124 valence electrons. The molecule has 3 aromatic rings. The summed E-state index contributed by atoms with van der Waals surface area (Å²) in [5, 5.41) is 11.1. The minimum Gasteiger partial charge on any atom is -0.305 e. The van der Waals surface area contributed by atoms with Crippen molar-refractivity contribution in [1.29, 1.82) is 0 Å². The van der Waals surface area contributed by atoms with E-state index in [-0.39, 0.29) is 11.6 Å². The van der Waals surface area contributed by atoms with Gasteiger partial charge in [-0.15, -0.1) is 21.5 Å². The lowest BCUT2D eigenvalue weighted by Gasteiger charge is -2.04. The largest absolute Gasteiger partial charge is 0.305 e. The van der Waals surface area contributed by atoms with Crippen LogP contribution < -0.4 is 0 Å². The first-order chi connectivity index (χ1) is 11.6. The molecule has 0 radical (unpaired) electrons. The van der Waals surface area contributed by atoms with E-state index in [4.69, 9.17) is 0 Å². The zero-order chi connectivity index (χ0) is 16.9. The van der Waals surface area contributed by atoms with E-state index in [1.165, 1.54) is 23.5 Å². The number of carbonyl (C=O) groups is 1. The maximum absolute atomic E-state index is 13.0. The van der Waals surface area contributed by atoms with Crippen LogP contribution in [0.25, 0.3) is 11.4 Å². The van der Waals surface area contributed by atoms with E-state index in [0.29, 0.717) is 12.2 Å². The molecule has 2 aromatic heterocycles. The van der Waals surface area contributed by atoms with Crippen molar-refractivity contribution in [1.82, 2.24) is 14.8 Å². The van der Waals surface area contributed by atoms with Gasteiger partial charge < -0.3 is 4.57 Å². The second-order valence-electron chi connectivity index (χ2n) is 5.22. The Morgan fingerprint density at radius 2 is 2.04 bits per heavy atom. The summed E-state index contributed by atoms with van der Waals surface area (Å²) in [6.45, 7) is 0. The molecule has 0 N–H and O–H groups in total. The summed E-state index contributed by atoms with van der Waals surface area (Å²) in [6, 6.07) is 9.95. The second kappa shape index (κ2) is 7.72. The predicted molar refractivity (Wildman–Crippen MR) is 95.0 cm³/mol. The summed E-state index contributed by atoms with van der Waals surface area (Å²) in [7, 11) is 1.89. The molecule has 1 aromatic carbocycles. The smallest absolute Gasteiger partial charge is 0.191 e. The molecule has 0 atom stereocenters. The number of hydrogen-bond acceptors (Lipinski definition) is 5. The van der Waals surface area contributed by atoms with Gasteiger partial charge in [-0.1, -0.05) is 17.8 Å². The predicted octanol–water partition coefficient (Wildman–Crippen LogP) is 4.44. The molecule has 0 unspecified atom stereocenters. The summed E-state index contributed by atoms with van der Waals surface area (Å²) in [4.78, 5) is 12.8. The Labute approximate surface area is 147 Å². The molecule has 0 aliphatic rings. The number of thioether (sulfide) groups is 1. The Kier molecular flexibility index (Phi) is 5.42. The molecule has 0 spiro atoms. The summed E-state index contributed by atoms with van der Waals surface area (Å²) in [6.07, 6.45) is 1.33. The molecule has 3 rings (SSSR count). The van der Waals surface area contributed by atoms with E-state index in [9.17, 15) is 9.18 Å². The summed E-state index contributed by atoms with van der Waals surface area (Å²) in [5.41, 5.74) is 0.825. The first kappa shape index (κ1) is 16.9. The lowest BCUT2D eigenvalue weighted by Crippen LogP contribution is -1.98. The minimum absolute atomic E-state index is 0.190. The van der Waals surface area contributed by atoms with Crippen LogP contribution in [0.1, 0.15) is 22.5 Å². The van der Waals surface area contributed by atoms with Gasteiger partial charge in [0.1, 0.15) is 5.82 Å². The molecule has 0 saturated heterocycles. The maximum atomic E-state index is 13.0. The van der Waals surface area contributed by atoms with Gasteiger partial charge in [-0.25, -0.2) is 4.39 Å². The van der Waals surface area contributed by atoms with Gasteiger partial charge in [-0.3, -0.25) is 4.79 Å². The van der Waals surface area contributed by atoms with Gasteiger partial charge in [-0.2, -0.15) is 0 Å². The van der Waals surface area contributed by atoms with Crippen molar-refractivity contribution in [2.75, 3.05) is 5.75 Å². The fourth-order valence-electron chi connectivity index (χ4n) is 2.25. The zero-order valence-electron chi connectivity index (χ0n) is 13.1. The topological polar surface area (TPSA) is 47.8 Å². The van der Waals surface area contributed by atoms with E-state index in [0.717, 1.165) is 27.8 Å². The summed E-state index contributed by atoms with van der Waals surface area (Å²) in [5.74, 6) is 1.42. The lowest BCUT2D eigenvalue weighted by molar-refractivity contribution is 0.0986. The van der Waals surface area contributed by atoms with Crippen molar-refractivity contribution in [3.8, 4) is 11.4 Å². The van der Waals surface area contributed by atoms with Gasteiger partial charge in [-0.05, 0) is 42.1 Å². The highest BCUT2D eigenvalue weighted by Gasteiger charge is 2.12. The molecule has 0 fully saturated rings. The number of aromatic nitrogens is 3. The van der Waals surface area contributed by atoms with Crippen LogP contribution in [0.3, 0.4) is 0 Å². The number of rotatable bonds is 7. The summed E-state index contributed by atoms with van der Waals surface area (Å²) >= 11 is 3.05. The highest BCUT2D eigenvalue weighted by atomic mass is 32.2. The van der Waals surface area contributed by atoms with Gasteiger partial charge in [0.05, 0.1) is 4.88 Å². The number of benzene rings is 1. The minimum atomic E-state index is -0.272. The van der Waals surface area contributed by atoms with E-state index < -0.39 is 0 Å². The van der Waals surface area contributed by atoms with Crippen LogP contribution in [0.15, 0.2) is 46.9 Å². The van der Waals surface area contributed by atoms with Crippen LogP contribution in [-0.4, -0.2) is 26.3 Å². The monoisotopic (exact) mass is 361 g/mol. The molecule has 2 heterocycles. The Morgan fingerprint density at radius 3 is 2.75 bits per heavy atom. The van der Waals surface area contributed by atoms with E-state index >= 15 is 0 Å². The van der Waals surface area contributed by atoms with Gasteiger partial charge in [0, 0.05) is 24.8 Å². The number of Topliss-reactive ketones (excluding diaryl/α,β-unsaturated/α-hetero) is 1. The second-order valence-corrected chi connectivity index (χ2v) is 7.23. The standard InChI is InChI=1S/C17H16FN3OS2/c1-21-16(12-6-8-13(18)9-7-12)19-20-17(21)24-11-2-4-14(22)15-5-3-10-23-15/h3,5-10H,2,4,11H2,1H3. The molecular weight excluding hydrogens is 345 g/mol. The Balaban J connectivity index is 1.55. The average molecular weight is 361 g/mol. The summed E-state index contributed by atoms with van der Waals surface area (Å²) < 4.78 is 14.9. The molecular formula is C17H16FN3OS2. The molecule has 0 aliphatic carbocycles. The normalized spacial score (nSPS) is 10.9. The number of hydrogen-bond donors (Lipinski definition) is 0. The Bertz CT molecular complexity index is 813. The van der Waals surface area contributed by atoms with Crippen LogP contribution in [0.4, 0.5) is 4.39 Å². The highest BCUT2D eigenvalue weighted by Crippen LogP contribution is 2.24. The van der Waals surface area contributed by atoms with Crippen molar-refractivity contribution < 1.29 is 9.18 Å². The van der Waals surface area contributed by atoms with Gasteiger partial charge in [0.2, 0.25) is 0 Å². The third-order valence-electron chi connectivity index (χ3n) is 3.51. The molecule has 0 saturated carbocycles. The lowest BCUT2D eigenvalue weighted by atomic mass is 10.2. The third-order valence-corrected chi connectivity index (χ3v) is 5.53. The Morgan fingerprint density at radius 1 is 1.25 bits per heavy atom. The van der Waals surface area contributed by atoms with Crippen LogP contribution in [-0.2, 0) is 7.05 Å². The van der Waals surface area contributed by atoms with Crippen molar-refractivity contribution in [2.45, 2.75) is 18.0 Å². The number of ketones is 1. The van der Waals surface area contributed by atoms with Crippen molar-refractivity contribution in [2.24, 2.45) is 7.05 Å². The Hall–Kier alpha value is -1.99. The highest BCUT2D eigenvalue weighted by molar-refractivity contribution is 7.99. The van der Waals surface area contributed by atoms with Crippen molar-refractivity contribution in [3.63, 3.8) is 0 Å². The molecule has 0 amide bonds. The van der Waals surface area contributed by atoms with Crippen LogP contribution >= 0.6 is 23.1 Å². The van der Waals surface area contributed by atoms with Crippen LogP contribution in [0, 0.1) is 5.82 Å². The van der Waals surface area contributed by atoms with Crippen LogP contribution in [0.5, 0.6) is 0 Å². The van der Waals surface area contributed by atoms with E-state index in [2.05, 4.69) is 10.2 Å². The number of carbonyl (C=O) groups excluding carboxylic acids is 1. The van der Waals surface area contributed by atoms with E-state index in [1.807, 2.05) is 29.1 Å². The van der Waals surface area contributed by atoms with Crippen LogP contribution in [0.2, 0.25) is 0 Å². The SMILES string of the molecule is Cn1c(SCCCC(=O)c2cccs2)nnc1-c1ccc(F)cc1. The molecule has 0 bridgehead atoms. The zero-order valence-corrected chi connectivity index (χ0v) is 14.7. The van der Waals surface area contributed by atoms with Gasteiger partial charge >= 0.3 is 0 Å². The van der Waals surface area contributed by atoms with E-state index in [1.54, 1.807) is 23.9 Å². The first-order valence-corrected chi connectivity index (χ1v) is 9.36. The van der Waals surface area contributed by atoms with Gasteiger partial charge in [0.15, 0.2) is 16.8 Å². The van der Waals surface area contributed by atoms with Crippen molar-refractivity contribution >= 4 is 28.9 Å². The average Bonchev–Trinajstić information content (AvgIpc) is 3.23. The molecule has 0 aliphatic heterocycles. The fourth-order valence-corrected chi connectivity index (χ4v) is 3.79. The number of thiophene rings is 1.